The molecule has 4 heteroatoms. The fourth-order valence-corrected chi connectivity index (χ4v) is 2.14. The number of nitrogens with two attached hydrogens (primary N) is 1. The molecule has 1 fully saturated rings. The van der Waals surface area contributed by atoms with E-state index in [1.54, 1.807) is 0 Å². The van der Waals surface area contributed by atoms with E-state index in [1.807, 2.05) is 6.92 Å². The first-order valence-electron chi connectivity index (χ1n) is 6.24. The predicted molar refractivity (Wildman–Crippen MR) is 69.7 cm³/mol. The van der Waals surface area contributed by atoms with Crippen LogP contribution in [0.4, 0.5) is 0 Å². The summed E-state index contributed by atoms with van der Waals surface area (Å²) in [6, 6.07) is 0.114. The predicted octanol–water partition coefficient (Wildman–Crippen LogP) is 2.23. The topological polar surface area (TPSA) is 55.1 Å². The Morgan fingerprint density at radius 2 is 1.75 bits per heavy atom. The largest absolute Gasteiger partial charge is 0.352 e. The molecule has 1 saturated carbocycles. The van der Waals surface area contributed by atoms with Gasteiger partial charge in [-0.15, -0.1) is 12.4 Å². The number of halogens is 1. The van der Waals surface area contributed by atoms with Crippen molar-refractivity contribution in [2.75, 3.05) is 6.54 Å². The Morgan fingerprint density at radius 3 is 2.25 bits per heavy atom. The summed E-state index contributed by atoms with van der Waals surface area (Å²) in [7, 11) is 0. The van der Waals surface area contributed by atoms with E-state index in [1.165, 1.54) is 32.1 Å². The second kappa shape index (κ2) is 8.82. The van der Waals surface area contributed by atoms with Crippen LogP contribution in [0.5, 0.6) is 0 Å². The van der Waals surface area contributed by atoms with E-state index in [2.05, 4.69) is 5.32 Å². The van der Waals surface area contributed by atoms with Crippen LogP contribution in [0.2, 0.25) is 0 Å². The number of carbonyl (C=O) groups is 1. The minimum atomic E-state index is 0. The van der Waals surface area contributed by atoms with Gasteiger partial charge in [0.05, 0.1) is 0 Å². The molecule has 1 amide bonds. The maximum atomic E-state index is 11.9. The summed E-state index contributed by atoms with van der Waals surface area (Å²) in [6.45, 7) is 2.49. The zero-order chi connectivity index (χ0) is 11.1. The Labute approximate surface area is 105 Å². The molecule has 1 rings (SSSR count). The van der Waals surface area contributed by atoms with Crippen LogP contribution in [0.1, 0.15) is 51.9 Å². The molecule has 3 N–H and O–H groups in total. The van der Waals surface area contributed by atoms with E-state index < -0.39 is 0 Å². The first-order valence-corrected chi connectivity index (χ1v) is 6.24. The van der Waals surface area contributed by atoms with Crippen molar-refractivity contribution >= 4 is 18.3 Å². The van der Waals surface area contributed by atoms with E-state index in [0.717, 1.165) is 12.8 Å². The van der Waals surface area contributed by atoms with Crippen molar-refractivity contribution in [2.24, 2.45) is 11.7 Å². The smallest absolute Gasteiger partial charge is 0.223 e. The van der Waals surface area contributed by atoms with Crippen LogP contribution in [0.3, 0.4) is 0 Å². The van der Waals surface area contributed by atoms with Crippen molar-refractivity contribution in [3.05, 3.63) is 0 Å². The summed E-state index contributed by atoms with van der Waals surface area (Å²) in [5, 5.41) is 2.98. The average Bonchev–Trinajstić information content (AvgIpc) is 2.16. The van der Waals surface area contributed by atoms with Gasteiger partial charge >= 0.3 is 0 Å². The van der Waals surface area contributed by atoms with Crippen molar-refractivity contribution in [1.82, 2.24) is 5.32 Å². The monoisotopic (exact) mass is 248 g/mol. The Kier molecular flexibility index (Phi) is 8.67. The van der Waals surface area contributed by atoms with Gasteiger partial charge in [-0.25, -0.2) is 0 Å². The van der Waals surface area contributed by atoms with Crippen LogP contribution >= 0.6 is 12.4 Å². The van der Waals surface area contributed by atoms with Crippen molar-refractivity contribution in [3.63, 3.8) is 0 Å². The normalized spacial score (nSPS) is 20.1. The molecule has 3 nitrogen and oxygen atoms in total. The Bertz CT molecular complexity index is 191. The molecule has 0 saturated heterocycles. The summed E-state index contributed by atoms with van der Waals surface area (Å²) in [5.74, 6) is 0.453. The summed E-state index contributed by atoms with van der Waals surface area (Å²) < 4.78 is 0. The SMILES string of the molecule is C[C@H](CN)NC(=O)C1CCCCCCC1.Cl. The van der Waals surface area contributed by atoms with Crippen LogP contribution in [-0.2, 0) is 4.79 Å². The minimum absolute atomic E-state index is 0. The number of hydrogen-bond acceptors (Lipinski definition) is 2. The maximum absolute atomic E-state index is 11.9. The summed E-state index contributed by atoms with van der Waals surface area (Å²) in [5.41, 5.74) is 5.49. The van der Waals surface area contributed by atoms with Gasteiger partial charge in [0.2, 0.25) is 5.91 Å². The quantitative estimate of drug-likeness (QED) is 0.805. The van der Waals surface area contributed by atoms with Gasteiger partial charge in [0.15, 0.2) is 0 Å². The first kappa shape index (κ1) is 15.7. The third-order valence-corrected chi connectivity index (χ3v) is 3.22. The summed E-state index contributed by atoms with van der Waals surface area (Å²) in [4.78, 5) is 11.9. The molecule has 1 aliphatic carbocycles. The highest BCUT2D eigenvalue weighted by Crippen LogP contribution is 2.22. The molecule has 0 heterocycles. The highest BCUT2D eigenvalue weighted by molar-refractivity contribution is 5.85. The molecule has 96 valence electrons. The van der Waals surface area contributed by atoms with Crippen LogP contribution in [0.15, 0.2) is 0 Å². The first-order chi connectivity index (χ1) is 7.24. The molecular weight excluding hydrogens is 224 g/mol. The molecule has 0 unspecified atom stereocenters. The molecular formula is C12H25ClN2O. The Hall–Kier alpha value is -0.280. The van der Waals surface area contributed by atoms with Crippen LogP contribution < -0.4 is 11.1 Å². The molecule has 0 spiro atoms. The summed E-state index contributed by atoms with van der Waals surface area (Å²) >= 11 is 0. The number of carbonyl (C=O) groups excluding carboxylic acids is 1. The van der Waals surface area contributed by atoms with Gasteiger partial charge < -0.3 is 11.1 Å². The average molecular weight is 249 g/mol. The van der Waals surface area contributed by atoms with Crippen LogP contribution in [0, 0.1) is 5.92 Å². The lowest BCUT2D eigenvalue weighted by Crippen LogP contribution is -2.41. The molecule has 1 atom stereocenters. The van der Waals surface area contributed by atoms with Gasteiger partial charge in [-0.1, -0.05) is 32.1 Å². The number of nitrogens with one attached hydrogen (secondary N) is 1. The zero-order valence-electron chi connectivity index (χ0n) is 10.2. The minimum Gasteiger partial charge on any atom is -0.352 e. The van der Waals surface area contributed by atoms with Gasteiger partial charge in [-0.3, -0.25) is 4.79 Å². The third kappa shape index (κ3) is 5.71. The second-order valence-electron chi connectivity index (χ2n) is 4.69. The van der Waals surface area contributed by atoms with Crippen molar-refractivity contribution in [1.29, 1.82) is 0 Å². The standard InChI is InChI=1S/C12H24N2O.ClH/c1-10(9-13)14-12(15)11-7-5-3-2-4-6-8-11;/h10-11H,2-9,13H2,1H3,(H,14,15);1H/t10-;/m1./s1. The van der Waals surface area contributed by atoms with Crippen molar-refractivity contribution < 1.29 is 4.79 Å². The maximum Gasteiger partial charge on any atom is 0.223 e. The molecule has 16 heavy (non-hydrogen) atoms. The van der Waals surface area contributed by atoms with Gasteiger partial charge in [0.1, 0.15) is 0 Å². The van der Waals surface area contributed by atoms with Crippen LogP contribution in [0.25, 0.3) is 0 Å². The molecule has 0 aromatic carbocycles. The van der Waals surface area contributed by atoms with Crippen LogP contribution in [-0.4, -0.2) is 18.5 Å². The molecule has 0 aromatic rings. The summed E-state index contributed by atoms with van der Waals surface area (Å²) in [6.07, 6.45) is 8.44. The fraction of sp³-hybridized carbons (Fsp3) is 0.917. The second-order valence-corrected chi connectivity index (χ2v) is 4.69. The lowest BCUT2D eigenvalue weighted by atomic mass is 9.90. The number of amides is 1. The molecule has 0 aromatic heterocycles. The number of rotatable bonds is 3. The Balaban J connectivity index is 0.00000225. The van der Waals surface area contributed by atoms with E-state index in [9.17, 15) is 4.79 Å². The zero-order valence-corrected chi connectivity index (χ0v) is 11.0. The molecule has 1 aliphatic rings. The van der Waals surface area contributed by atoms with Crippen molar-refractivity contribution in [3.8, 4) is 0 Å². The molecule has 0 radical (unpaired) electrons. The fourth-order valence-electron chi connectivity index (χ4n) is 2.14. The van der Waals surface area contributed by atoms with Gasteiger partial charge in [0.25, 0.3) is 0 Å². The Morgan fingerprint density at radius 1 is 1.25 bits per heavy atom. The van der Waals surface area contributed by atoms with Crippen molar-refractivity contribution in [2.45, 2.75) is 57.9 Å². The highest BCUT2D eigenvalue weighted by Gasteiger charge is 2.19. The lowest BCUT2D eigenvalue weighted by molar-refractivity contribution is -0.126. The van der Waals surface area contributed by atoms with Gasteiger partial charge in [-0.05, 0) is 19.8 Å². The van der Waals surface area contributed by atoms with E-state index in [0.29, 0.717) is 6.54 Å². The molecule has 0 aliphatic heterocycles. The molecule has 0 bridgehead atoms. The van der Waals surface area contributed by atoms with Gasteiger partial charge in [-0.2, -0.15) is 0 Å². The highest BCUT2D eigenvalue weighted by atomic mass is 35.5. The van der Waals surface area contributed by atoms with E-state index in [4.69, 9.17) is 5.73 Å². The van der Waals surface area contributed by atoms with Gasteiger partial charge in [0, 0.05) is 18.5 Å². The third-order valence-electron chi connectivity index (χ3n) is 3.22. The number of hydrogen-bond donors (Lipinski definition) is 2. The lowest BCUT2D eigenvalue weighted by Gasteiger charge is -2.21. The van der Waals surface area contributed by atoms with E-state index in [-0.39, 0.29) is 30.3 Å². The van der Waals surface area contributed by atoms with E-state index >= 15 is 0 Å².